The van der Waals surface area contributed by atoms with E-state index in [1.54, 1.807) is 0 Å². The highest BCUT2D eigenvalue weighted by Gasteiger charge is 2.41. The summed E-state index contributed by atoms with van der Waals surface area (Å²) >= 11 is 0. The van der Waals surface area contributed by atoms with Crippen molar-refractivity contribution in [3.63, 3.8) is 0 Å². The van der Waals surface area contributed by atoms with Crippen LogP contribution in [0.5, 0.6) is 0 Å². The lowest BCUT2D eigenvalue weighted by Gasteiger charge is -2.27. The van der Waals surface area contributed by atoms with Crippen LogP contribution in [0, 0.1) is 5.92 Å². The second-order valence-corrected chi connectivity index (χ2v) is 6.39. The van der Waals surface area contributed by atoms with Gasteiger partial charge < -0.3 is 16.2 Å². The van der Waals surface area contributed by atoms with E-state index in [-0.39, 0.29) is 11.7 Å². The third-order valence-electron chi connectivity index (χ3n) is 4.86. The van der Waals surface area contributed by atoms with E-state index < -0.39 is 24.0 Å². The fraction of sp³-hybridized carbons (Fsp3) is 0.300. The molecule has 2 aromatic rings. The molecule has 1 saturated heterocycles. The molecule has 5 heteroatoms. The van der Waals surface area contributed by atoms with Crippen molar-refractivity contribution >= 4 is 11.8 Å². The first kappa shape index (κ1) is 17.3. The third-order valence-corrected chi connectivity index (χ3v) is 4.86. The maximum atomic E-state index is 13.0. The Morgan fingerprint density at radius 1 is 1.00 bits per heavy atom. The lowest BCUT2D eigenvalue weighted by atomic mass is 9.79. The molecule has 0 spiro atoms. The Balaban J connectivity index is 1.93. The van der Waals surface area contributed by atoms with Crippen LogP contribution in [-0.4, -0.2) is 35.5 Å². The largest absolute Gasteiger partial charge is 0.480 e. The number of carbonyl (C=O) groups is 2. The number of hydrogen-bond donors (Lipinski definition) is 3. The van der Waals surface area contributed by atoms with E-state index in [0.717, 1.165) is 11.1 Å². The van der Waals surface area contributed by atoms with Gasteiger partial charge in [-0.3, -0.25) is 9.59 Å². The summed E-state index contributed by atoms with van der Waals surface area (Å²) in [7, 11) is 0. The summed E-state index contributed by atoms with van der Waals surface area (Å²) in [5.74, 6) is -2.10. The molecule has 130 valence electrons. The molecule has 0 bridgehead atoms. The topological polar surface area (TPSA) is 92.4 Å². The first-order chi connectivity index (χ1) is 12.1. The molecule has 1 unspecified atom stereocenters. The lowest BCUT2D eigenvalue weighted by Crippen LogP contribution is -2.47. The molecule has 0 saturated carbocycles. The zero-order chi connectivity index (χ0) is 17.8. The van der Waals surface area contributed by atoms with Crippen molar-refractivity contribution < 1.29 is 14.7 Å². The molecule has 5 nitrogen and oxygen atoms in total. The number of carboxylic acid groups (broad SMARTS) is 1. The number of benzene rings is 2. The van der Waals surface area contributed by atoms with Crippen LogP contribution in [0.15, 0.2) is 60.7 Å². The summed E-state index contributed by atoms with van der Waals surface area (Å²) in [6.07, 6.45) is 0.500. The summed E-state index contributed by atoms with van der Waals surface area (Å²) < 4.78 is 0. The van der Waals surface area contributed by atoms with Crippen LogP contribution in [-0.2, 0) is 9.59 Å². The number of aliphatic carboxylic acids is 1. The normalized spacial score (nSPS) is 21.2. The number of Topliss-reactive ketones (excluding diaryl/α,β-unsaturated/α-hetero) is 1. The Hall–Kier alpha value is -2.50. The summed E-state index contributed by atoms with van der Waals surface area (Å²) in [6, 6.07) is 17.7. The van der Waals surface area contributed by atoms with Gasteiger partial charge in [-0.25, -0.2) is 0 Å². The number of nitrogens with two attached hydrogens (primary N) is 1. The van der Waals surface area contributed by atoms with Crippen molar-refractivity contribution in [1.29, 1.82) is 0 Å². The van der Waals surface area contributed by atoms with Crippen molar-refractivity contribution in [2.24, 2.45) is 11.7 Å². The molecular formula is C20H22N2O3. The van der Waals surface area contributed by atoms with E-state index in [0.29, 0.717) is 13.0 Å². The van der Waals surface area contributed by atoms with Crippen LogP contribution in [0.2, 0.25) is 0 Å². The Labute approximate surface area is 146 Å². The zero-order valence-corrected chi connectivity index (χ0v) is 13.8. The minimum absolute atomic E-state index is 0.199. The van der Waals surface area contributed by atoms with Crippen molar-refractivity contribution in [1.82, 2.24) is 5.32 Å². The van der Waals surface area contributed by atoms with Gasteiger partial charge >= 0.3 is 5.97 Å². The molecule has 4 N–H and O–H groups in total. The van der Waals surface area contributed by atoms with Gasteiger partial charge in [-0.2, -0.15) is 0 Å². The molecule has 1 fully saturated rings. The standard InChI is InChI=1S/C20H22N2O3/c21-17(19(23)15-11-12-22-18(15)20(24)25)16(13-7-3-1-4-8-13)14-9-5-2-6-10-14/h1-10,15-18,22H,11-12,21H2,(H,24,25)/t15?,17-,18-/m0/s1. The van der Waals surface area contributed by atoms with Crippen LogP contribution >= 0.6 is 0 Å². The fourth-order valence-corrected chi connectivity index (χ4v) is 3.61. The Bertz CT molecular complexity index is 694. The summed E-state index contributed by atoms with van der Waals surface area (Å²) in [4.78, 5) is 24.4. The van der Waals surface area contributed by atoms with Gasteiger partial charge in [0.25, 0.3) is 0 Å². The van der Waals surface area contributed by atoms with Gasteiger partial charge in [0.2, 0.25) is 0 Å². The van der Waals surface area contributed by atoms with E-state index in [1.165, 1.54) is 0 Å². The molecule has 3 atom stereocenters. The van der Waals surface area contributed by atoms with Crippen LogP contribution in [0.1, 0.15) is 23.5 Å². The highest BCUT2D eigenvalue weighted by molar-refractivity contribution is 5.93. The predicted octanol–water partition coefficient (Wildman–Crippen LogP) is 1.78. The number of carbonyl (C=O) groups excluding carboxylic acids is 1. The van der Waals surface area contributed by atoms with Gasteiger partial charge in [0.05, 0.1) is 6.04 Å². The van der Waals surface area contributed by atoms with Crippen LogP contribution in [0.4, 0.5) is 0 Å². The molecular weight excluding hydrogens is 316 g/mol. The molecule has 2 aromatic carbocycles. The molecule has 1 aliphatic rings. The fourth-order valence-electron chi connectivity index (χ4n) is 3.61. The average molecular weight is 338 g/mol. The second kappa shape index (κ2) is 7.59. The number of rotatable bonds is 6. The Kier molecular flexibility index (Phi) is 5.26. The van der Waals surface area contributed by atoms with E-state index in [9.17, 15) is 14.7 Å². The van der Waals surface area contributed by atoms with Gasteiger partial charge in [-0.05, 0) is 24.1 Å². The van der Waals surface area contributed by atoms with E-state index in [2.05, 4.69) is 5.32 Å². The maximum Gasteiger partial charge on any atom is 0.321 e. The maximum absolute atomic E-state index is 13.0. The molecule has 0 aliphatic carbocycles. The van der Waals surface area contributed by atoms with E-state index >= 15 is 0 Å². The van der Waals surface area contributed by atoms with E-state index in [4.69, 9.17) is 5.73 Å². The summed E-state index contributed by atoms with van der Waals surface area (Å²) in [5.41, 5.74) is 8.30. The van der Waals surface area contributed by atoms with E-state index in [1.807, 2.05) is 60.7 Å². The van der Waals surface area contributed by atoms with Crippen molar-refractivity contribution in [2.75, 3.05) is 6.54 Å². The molecule has 25 heavy (non-hydrogen) atoms. The van der Waals surface area contributed by atoms with Gasteiger partial charge in [0, 0.05) is 11.8 Å². The molecule has 1 heterocycles. The summed E-state index contributed by atoms with van der Waals surface area (Å²) in [6.45, 7) is 0.515. The SMILES string of the molecule is N[C@H](C(=O)C1CCN[C@@H]1C(=O)O)C(c1ccccc1)c1ccccc1. The zero-order valence-electron chi connectivity index (χ0n) is 13.8. The number of ketones is 1. The number of carboxylic acids is 1. The molecule has 3 rings (SSSR count). The average Bonchev–Trinajstić information content (AvgIpc) is 3.13. The number of nitrogens with one attached hydrogen (secondary N) is 1. The second-order valence-electron chi connectivity index (χ2n) is 6.39. The van der Waals surface area contributed by atoms with Crippen molar-refractivity contribution in [3.05, 3.63) is 71.8 Å². The van der Waals surface area contributed by atoms with Gasteiger partial charge in [0.1, 0.15) is 6.04 Å². The number of hydrogen-bond acceptors (Lipinski definition) is 4. The molecule has 0 aromatic heterocycles. The highest BCUT2D eigenvalue weighted by atomic mass is 16.4. The lowest BCUT2D eigenvalue weighted by molar-refractivity contribution is -0.142. The van der Waals surface area contributed by atoms with Gasteiger partial charge in [0.15, 0.2) is 5.78 Å². The van der Waals surface area contributed by atoms with Crippen molar-refractivity contribution in [2.45, 2.75) is 24.4 Å². The Morgan fingerprint density at radius 2 is 1.52 bits per heavy atom. The van der Waals surface area contributed by atoms with Crippen molar-refractivity contribution in [3.8, 4) is 0 Å². The monoisotopic (exact) mass is 338 g/mol. The third kappa shape index (κ3) is 3.62. The molecule has 1 aliphatic heterocycles. The first-order valence-electron chi connectivity index (χ1n) is 8.45. The summed E-state index contributed by atoms with van der Waals surface area (Å²) in [5, 5.41) is 12.2. The quantitative estimate of drug-likeness (QED) is 0.747. The molecule has 0 amide bonds. The first-order valence-corrected chi connectivity index (χ1v) is 8.45. The smallest absolute Gasteiger partial charge is 0.321 e. The Morgan fingerprint density at radius 3 is 2.00 bits per heavy atom. The minimum atomic E-state index is -1.00. The minimum Gasteiger partial charge on any atom is -0.480 e. The van der Waals surface area contributed by atoms with Crippen LogP contribution < -0.4 is 11.1 Å². The van der Waals surface area contributed by atoms with Crippen LogP contribution in [0.25, 0.3) is 0 Å². The van der Waals surface area contributed by atoms with Gasteiger partial charge in [-0.1, -0.05) is 60.7 Å². The highest BCUT2D eigenvalue weighted by Crippen LogP contribution is 2.30. The van der Waals surface area contributed by atoms with Gasteiger partial charge in [-0.15, -0.1) is 0 Å². The molecule has 0 radical (unpaired) electrons. The predicted molar refractivity (Wildman–Crippen MR) is 95.2 cm³/mol. The van der Waals surface area contributed by atoms with Crippen LogP contribution in [0.3, 0.4) is 0 Å².